The Kier molecular flexibility index (Phi) is 8.27. The van der Waals surface area contributed by atoms with Crippen molar-refractivity contribution in [2.24, 2.45) is 0 Å². The first-order valence-corrected chi connectivity index (χ1v) is 11.1. The van der Waals surface area contributed by atoms with Gasteiger partial charge >= 0.3 is 6.03 Å². The van der Waals surface area contributed by atoms with Crippen molar-refractivity contribution in [3.8, 4) is 16.9 Å². The van der Waals surface area contributed by atoms with Crippen molar-refractivity contribution in [3.05, 3.63) is 65.7 Å². The van der Waals surface area contributed by atoms with Crippen LogP contribution in [0.2, 0.25) is 5.02 Å². The van der Waals surface area contributed by atoms with Crippen molar-refractivity contribution in [1.29, 1.82) is 0 Å². The minimum Gasteiger partial charge on any atom is -0.338 e. The smallest absolute Gasteiger partial charge is 0.317 e. The van der Waals surface area contributed by atoms with Crippen molar-refractivity contribution in [2.45, 2.75) is 26.7 Å². The summed E-state index contributed by atoms with van der Waals surface area (Å²) in [4.78, 5) is 26.8. The van der Waals surface area contributed by atoms with E-state index >= 15 is 0 Å². The summed E-state index contributed by atoms with van der Waals surface area (Å²) in [6.07, 6.45) is 1.76. The minimum atomic E-state index is -0.290. The molecule has 0 fully saturated rings. The summed E-state index contributed by atoms with van der Waals surface area (Å²) in [6, 6.07) is 18.5. The SMILES string of the molecule is CCCCN(CC(=O)Nc1cc(-c2ccccc2)nn1-c1ccc(Cl)cc1)C(=O)NCC. The van der Waals surface area contributed by atoms with Crippen LogP contribution in [0.25, 0.3) is 16.9 Å². The maximum absolute atomic E-state index is 12.9. The molecule has 2 aromatic carbocycles. The van der Waals surface area contributed by atoms with E-state index < -0.39 is 0 Å². The molecule has 0 spiro atoms. The first-order chi connectivity index (χ1) is 15.5. The zero-order valence-electron chi connectivity index (χ0n) is 18.3. The van der Waals surface area contributed by atoms with Crippen LogP contribution in [0.3, 0.4) is 0 Å². The van der Waals surface area contributed by atoms with Crippen molar-refractivity contribution in [3.63, 3.8) is 0 Å². The molecule has 0 radical (unpaired) electrons. The summed E-state index contributed by atoms with van der Waals surface area (Å²) < 4.78 is 1.67. The van der Waals surface area contributed by atoms with Crippen molar-refractivity contribution in [2.75, 3.05) is 25.0 Å². The molecule has 0 bridgehead atoms. The van der Waals surface area contributed by atoms with Gasteiger partial charge in [-0.1, -0.05) is 55.3 Å². The summed E-state index contributed by atoms with van der Waals surface area (Å²) in [5, 5.41) is 11.0. The third-order valence-electron chi connectivity index (χ3n) is 4.85. The van der Waals surface area contributed by atoms with E-state index in [9.17, 15) is 9.59 Å². The van der Waals surface area contributed by atoms with Crippen LogP contribution in [0.4, 0.5) is 10.6 Å². The number of nitrogens with zero attached hydrogens (tertiary/aromatic N) is 3. The van der Waals surface area contributed by atoms with Crippen LogP contribution in [-0.2, 0) is 4.79 Å². The number of nitrogens with one attached hydrogen (secondary N) is 2. The van der Waals surface area contributed by atoms with Crippen LogP contribution < -0.4 is 10.6 Å². The molecule has 0 unspecified atom stereocenters. The van der Waals surface area contributed by atoms with Gasteiger partial charge in [0.2, 0.25) is 5.91 Å². The molecule has 1 aromatic heterocycles. The fraction of sp³-hybridized carbons (Fsp3) is 0.292. The monoisotopic (exact) mass is 453 g/mol. The van der Waals surface area contributed by atoms with Gasteiger partial charge in [-0.15, -0.1) is 0 Å². The minimum absolute atomic E-state index is 0.0434. The molecule has 0 saturated heterocycles. The average Bonchev–Trinajstić information content (AvgIpc) is 3.21. The van der Waals surface area contributed by atoms with E-state index in [0.29, 0.717) is 23.9 Å². The number of aromatic nitrogens is 2. The molecule has 7 nitrogen and oxygen atoms in total. The molecule has 2 N–H and O–H groups in total. The van der Waals surface area contributed by atoms with Gasteiger partial charge in [0.25, 0.3) is 0 Å². The van der Waals surface area contributed by atoms with Gasteiger partial charge in [-0.3, -0.25) is 4.79 Å². The number of anilines is 1. The molecule has 32 heavy (non-hydrogen) atoms. The fourth-order valence-electron chi connectivity index (χ4n) is 3.22. The molecule has 8 heteroatoms. The molecule has 0 aliphatic carbocycles. The summed E-state index contributed by atoms with van der Waals surface area (Å²) in [6.45, 7) is 4.88. The third-order valence-corrected chi connectivity index (χ3v) is 5.10. The van der Waals surface area contributed by atoms with Crippen molar-refractivity contribution >= 4 is 29.4 Å². The number of benzene rings is 2. The molecule has 3 rings (SSSR count). The first-order valence-electron chi connectivity index (χ1n) is 10.8. The number of hydrogen-bond acceptors (Lipinski definition) is 3. The highest BCUT2D eigenvalue weighted by Gasteiger charge is 2.19. The highest BCUT2D eigenvalue weighted by Crippen LogP contribution is 2.25. The lowest BCUT2D eigenvalue weighted by Crippen LogP contribution is -2.44. The van der Waals surface area contributed by atoms with Gasteiger partial charge in [-0.25, -0.2) is 9.48 Å². The normalized spacial score (nSPS) is 10.6. The quantitative estimate of drug-likeness (QED) is 0.480. The van der Waals surface area contributed by atoms with Crippen molar-refractivity contribution in [1.82, 2.24) is 20.0 Å². The van der Waals surface area contributed by atoms with E-state index in [-0.39, 0.29) is 18.5 Å². The second-order valence-electron chi connectivity index (χ2n) is 7.33. The second-order valence-corrected chi connectivity index (χ2v) is 7.76. The van der Waals surface area contributed by atoms with E-state index in [1.807, 2.05) is 62.4 Å². The molecule has 3 amide bonds. The molecule has 0 atom stereocenters. The number of hydrogen-bond donors (Lipinski definition) is 2. The summed E-state index contributed by atoms with van der Waals surface area (Å²) >= 11 is 6.04. The van der Waals surface area contributed by atoms with E-state index in [1.54, 1.807) is 16.8 Å². The lowest BCUT2D eigenvalue weighted by atomic mass is 10.1. The Labute approximate surface area is 193 Å². The molecule has 0 aliphatic rings. The van der Waals surface area contributed by atoms with Crippen LogP contribution in [0.15, 0.2) is 60.7 Å². The lowest BCUT2D eigenvalue weighted by Gasteiger charge is -2.22. The largest absolute Gasteiger partial charge is 0.338 e. The third kappa shape index (κ3) is 6.11. The number of carbonyl (C=O) groups excluding carboxylic acids is 2. The van der Waals surface area contributed by atoms with Gasteiger partial charge < -0.3 is 15.5 Å². The van der Waals surface area contributed by atoms with Gasteiger partial charge in [0.15, 0.2) is 0 Å². The Morgan fingerprint density at radius 2 is 1.78 bits per heavy atom. The van der Waals surface area contributed by atoms with E-state index in [2.05, 4.69) is 10.6 Å². The zero-order valence-corrected chi connectivity index (χ0v) is 19.1. The molecule has 0 aliphatic heterocycles. The van der Waals surface area contributed by atoms with Crippen LogP contribution in [0, 0.1) is 0 Å². The highest BCUT2D eigenvalue weighted by molar-refractivity contribution is 6.30. The standard InChI is InChI=1S/C24H28ClN5O2/c1-3-5-15-29(24(32)26-4-2)17-23(31)27-22-16-21(18-9-7-6-8-10-18)28-30(22)20-13-11-19(25)12-14-20/h6-14,16H,3-5,15,17H2,1-2H3,(H,26,32)(H,27,31). The van der Waals surface area contributed by atoms with Gasteiger partial charge in [0, 0.05) is 29.7 Å². The molecule has 3 aromatic rings. The second kappa shape index (κ2) is 11.3. The fourth-order valence-corrected chi connectivity index (χ4v) is 3.35. The van der Waals surface area contributed by atoms with Gasteiger partial charge in [-0.05, 0) is 37.6 Å². The number of unbranched alkanes of at least 4 members (excludes halogenated alkanes) is 1. The van der Waals surface area contributed by atoms with Gasteiger partial charge in [-0.2, -0.15) is 5.10 Å². The summed E-state index contributed by atoms with van der Waals surface area (Å²) in [5.74, 6) is 0.226. The number of halogens is 1. The number of urea groups is 1. The first kappa shape index (κ1) is 23.3. The topological polar surface area (TPSA) is 79.3 Å². The molecule has 168 valence electrons. The molecular formula is C24H28ClN5O2. The molecular weight excluding hydrogens is 426 g/mol. The van der Waals surface area contributed by atoms with Crippen LogP contribution in [0.1, 0.15) is 26.7 Å². The highest BCUT2D eigenvalue weighted by atomic mass is 35.5. The summed E-state index contributed by atoms with van der Waals surface area (Å²) in [7, 11) is 0. The van der Waals surface area contributed by atoms with Crippen molar-refractivity contribution < 1.29 is 9.59 Å². The predicted molar refractivity (Wildman–Crippen MR) is 128 cm³/mol. The summed E-state index contributed by atoms with van der Waals surface area (Å²) in [5.41, 5.74) is 2.42. The van der Waals surface area contributed by atoms with Crippen LogP contribution in [-0.4, -0.2) is 46.3 Å². The van der Waals surface area contributed by atoms with Crippen LogP contribution in [0.5, 0.6) is 0 Å². The number of rotatable bonds is 9. The zero-order chi connectivity index (χ0) is 22.9. The van der Waals surface area contributed by atoms with E-state index in [1.165, 1.54) is 4.90 Å². The Bertz CT molecular complexity index is 1030. The maximum atomic E-state index is 12.9. The van der Waals surface area contributed by atoms with Crippen LogP contribution >= 0.6 is 11.6 Å². The number of carbonyl (C=O) groups is 2. The van der Waals surface area contributed by atoms with Gasteiger partial charge in [0.05, 0.1) is 11.4 Å². The maximum Gasteiger partial charge on any atom is 0.317 e. The Balaban J connectivity index is 1.86. The average molecular weight is 454 g/mol. The number of amides is 3. The molecule has 0 saturated carbocycles. The van der Waals surface area contributed by atoms with E-state index in [4.69, 9.17) is 16.7 Å². The van der Waals surface area contributed by atoms with Gasteiger partial charge in [0.1, 0.15) is 12.4 Å². The lowest BCUT2D eigenvalue weighted by molar-refractivity contribution is -0.116. The Hall–Kier alpha value is -3.32. The van der Waals surface area contributed by atoms with E-state index in [0.717, 1.165) is 29.8 Å². The molecule has 1 heterocycles. The Morgan fingerprint density at radius 1 is 1.06 bits per heavy atom. The predicted octanol–water partition coefficient (Wildman–Crippen LogP) is 4.96. The Morgan fingerprint density at radius 3 is 2.44 bits per heavy atom.